The molecule has 150 valence electrons. The number of nitrogens with zero attached hydrogens (tertiary/aromatic N) is 4. The molecule has 1 N–H and O–H groups in total. The van der Waals surface area contributed by atoms with Gasteiger partial charge in [0.05, 0.1) is 23.0 Å². The number of benzene rings is 2. The molecule has 0 fully saturated rings. The van der Waals surface area contributed by atoms with Gasteiger partial charge >= 0.3 is 6.36 Å². The number of alkyl halides is 3. The first-order chi connectivity index (χ1) is 13.8. The maximum atomic E-state index is 13.0. The number of nitrogens with one attached hydrogen (secondary N) is 1. The average molecular weight is 423 g/mol. The summed E-state index contributed by atoms with van der Waals surface area (Å²) in [6.07, 6.45) is -3.05. The van der Waals surface area contributed by atoms with Crippen LogP contribution < -0.4 is 9.54 Å². The number of halogens is 4. The van der Waals surface area contributed by atoms with Gasteiger partial charge in [-0.15, -0.1) is 18.3 Å². The van der Waals surface area contributed by atoms with E-state index in [0.29, 0.717) is 29.0 Å². The summed E-state index contributed by atoms with van der Waals surface area (Å²) in [6, 6.07) is 9.87. The van der Waals surface area contributed by atoms with E-state index >= 15 is 0 Å². The van der Waals surface area contributed by atoms with Crippen molar-refractivity contribution in [1.29, 1.82) is 5.41 Å². The van der Waals surface area contributed by atoms with Gasteiger partial charge in [-0.2, -0.15) is 0 Å². The Morgan fingerprint density at radius 3 is 2.55 bits per heavy atom. The van der Waals surface area contributed by atoms with Crippen LogP contribution in [0.1, 0.15) is 0 Å². The zero-order chi connectivity index (χ0) is 20.6. The Morgan fingerprint density at radius 1 is 1.07 bits per heavy atom. The third kappa shape index (κ3) is 4.29. The smallest absolute Gasteiger partial charge is 0.406 e. The van der Waals surface area contributed by atoms with Crippen molar-refractivity contribution in [3.8, 4) is 17.0 Å². The molecule has 0 spiro atoms. The van der Waals surface area contributed by atoms with Gasteiger partial charge in [-0.3, -0.25) is 10.1 Å². The maximum absolute atomic E-state index is 13.0. The Morgan fingerprint density at radius 2 is 1.83 bits per heavy atom. The summed E-state index contributed by atoms with van der Waals surface area (Å²) in [4.78, 5) is 0.197. The highest BCUT2D eigenvalue weighted by Crippen LogP contribution is 2.28. The van der Waals surface area contributed by atoms with Gasteiger partial charge in [-0.05, 0) is 42.5 Å². The van der Waals surface area contributed by atoms with E-state index in [1.807, 2.05) is 0 Å². The van der Waals surface area contributed by atoms with Crippen LogP contribution in [0.25, 0.3) is 21.5 Å². The molecule has 2 heterocycles. The summed E-state index contributed by atoms with van der Waals surface area (Å²) >= 11 is 1.06. The minimum absolute atomic E-state index is 0.197. The maximum Gasteiger partial charge on any atom is 0.573 e. The van der Waals surface area contributed by atoms with Crippen LogP contribution in [0.5, 0.6) is 5.75 Å². The SMILES string of the molecule is N=c1sc2cc(OC(F)(F)F)ccc2n1CCn1cc(-c2ccc(F)cc2)nn1. The van der Waals surface area contributed by atoms with Gasteiger partial charge in [0.15, 0.2) is 4.80 Å². The van der Waals surface area contributed by atoms with Gasteiger partial charge in [0.1, 0.15) is 17.3 Å². The molecule has 2 aromatic carbocycles. The van der Waals surface area contributed by atoms with Gasteiger partial charge in [-0.25, -0.2) is 4.39 Å². The van der Waals surface area contributed by atoms with E-state index in [1.54, 1.807) is 27.6 Å². The van der Waals surface area contributed by atoms with Crippen molar-refractivity contribution < 1.29 is 22.3 Å². The third-order valence-corrected chi connectivity index (χ3v) is 5.10. The van der Waals surface area contributed by atoms with Crippen LogP contribution in [0.3, 0.4) is 0 Å². The van der Waals surface area contributed by atoms with E-state index in [1.165, 1.54) is 30.3 Å². The lowest BCUT2D eigenvalue weighted by Gasteiger charge is -2.09. The summed E-state index contributed by atoms with van der Waals surface area (Å²) in [5, 5.41) is 16.2. The Hall–Kier alpha value is -3.21. The van der Waals surface area contributed by atoms with Crippen LogP contribution in [0.15, 0.2) is 48.7 Å². The molecule has 0 atom stereocenters. The minimum atomic E-state index is -4.76. The van der Waals surface area contributed by atoms with E-state index in [0.717, 1.165) is 16.9 Å². The summed E-state index contributed by atoms with van der Waals surface area (Å²) in [7, 11) is 0. The molecule has 0 amide bonds. The molecule has 0 aliphatic heterocycles. The fraction of sp³-hybridized carbons (Fsp3) is 0.167. The molecule has 0 aliphatic rings. The molecule has 6 nitrogen and oxygen atoms in total. The Balaban J connectivity index is 1.52. The quantitative estimate of drug-likeness (QED) is 0.490. The zero-order valence-electron chi connectivity index (χ0n) is 14.7. The van der Waals surface area contributed by atoms with Crippen LogP contribution in [0.2, 0.25) is 0 Å². The molecule has 0 radical (unpaired) electrons. The van der Waals surface area contributed by atoms with Crippen molar-refractivity contribution in [2.45, 2.75) is 19.5 Å². The number of rotatable bonds is 5. The average Bonchev–Trinajstić information content (AvgIpc) is 3.23. The predicted octanol–water partition coefficient (Wildman–Crippen LogP) is 4.18. The van der Waals surface area contributed by atoms with Crippen molar-refractivity contribution in [3.05, 3.63) is 59.3 Å². The lowest BCUT2D eigenvalue weighted by atomic mass is 10.2. The van der Waals surface area contributed by atoms with E-state index in [4.69, 9.17) is 5.41 Å². The summed E-state index contributed by atoms with van der Waals surface area (Å²) < 4.78 is 57.9. The Labute approximate surface area is 165 Å². The summed E-state index contributed by atoms with van der Waals surface area (Å²) in [5.74, 6) is -0.660. The zero-order valence-corrected chi connectivity index (χ0v) is 15.5. The number of hydrogen-bond donors (Lipinski definition) is 1. The van der Waals surface area contributed by atoms with Crippen LogP contribution in [-0.2, 0) is 13.1 Å². The van der Waals surface area contributed by atoms with E-state index in [-0.39, 0.29) is 16.4 Å². The van der Waals surface area contributed by atoms with Crippen LogP contribution in [0.4, 0.5) is 17.6 Å². The number of fused-ring (bicyclic) bond motifs is 1. The Bertz CT molecular complexity index is 1210. The van der Waals surface area contributed by atoms with Crippen molar-refractivity contribution in [2.75, 3.05) is 0 Å². The van der Waals surface area contributed by atoms with E-state index in [2.05, 4.69) is 15.0 Å². The molecule has 11 heteroatoms. The number of aromatic nitrogens is 4. The number of ether oxygens (including phenoxy) is 1. The van der Waals surface area contributed by atoms with E-state index < -0.39 is 6.36 Å². The molecular weight excluding hydrogens is 410 g/mol. The van der Waals surface area contributed by atoms with Crippen molar-refractivity contribution >= 4 is 21.6 Å². The first-order valence-corrected chi connectivity index (χ1v) is 9.20. The van der Waals surface area contributed by atoms with Crippen LogP contribution >= 0.6 is 11.3 Å². The number of thiazole rings is 1. The summed E-state index contributed by atoms with van der Waals surface area (Å²) in [6.45, 7) is 0.780. The largest absolute Gasteiger partial charge is 0.573 e. The topological polar surface area (TPSA) is 68.7 Å². The van der Waals surface area contributed by atoms with Crippen LogP contribution in [0, 0.1) is 11.2 Å². The fourth-order valence-corrected chi connectivity index (χ4v) is 3.82. The second kappa shape index (κ2) is 7.32. The molecule has 0 aliphatic carbocycles. The van der Waals surface area contributed by atoms with Gasteiger partial charge in [0.25, 0.3) is 0 Å². The molecule has 2 aromatic heterocycles. The Kier molecular flexibility index (Phi) is 4.82. The molecule has 0 unspecified atom stereocenters. The molecule has 0 bridgehead atoms. The molecule has 29 heavy (non-hydrogen) atoms. The molecule has 4 aromatic rings. The predicted molar refractivity (Wildman–Crippen MR) is 97.8 cm³/mol. The van der Waals surface area contributed by atoms with Crippen molar-refractivity contribution in [3.63, 3.8) is 0 Å². The van der Waals surface area contributed by atoms with Gasteiger partial charge in [0, 0.05) is 12.1 Å². The van der Waals surface area contributed by atoms with Gasteiger partial charge < -0.3 is 9.30 Å². The second-order valence-electron chi connectivity index (χ2n) is 6.11. The van der Waals surface area contributed by atoms with Crippen molar-refractivity contribution in [2.24, 2.45) is 0 Å². The highest BCUT2D eigenvalue weighted by atomic mass is 32.1. The number of hydrogen-bond acceptors (Lipinski definition) is 5. The molecular formula is C18H13F4N5OS. The first-order valence-electron chi connectivity index (χ1n) is 8.38. The molecule has 0 saturated heterocycles. The van der Waals surface area contributed by atoms with Gasteiger partial charge in [0.2, 0.25) is 0 Å². The highest BCUT2D eigenvalue weighted by molar-refractivity contribution is 7.16. The third-order valence-electron chi connectivity index (χ3n) is 4.14. The molecule has 4 rings (SSSR count). The lowest BCUT2D eigenvalue weighted by molar-refractivity contribution is -0.274. The first kappa shape index (κ1) is 19.1. The molecule has 0 saturated carbocycles. The second-order valence-corrected chi connectivity index (χ2v) is 7.14. The summed E-state index contributed by atoms with van der Waals surface area (Å²) in [5.41, 5.74) is 1.95. The van der Waals surface area contributed by atoms with E-state index in [9.17, 15) is 17.6 Å². The monoisotopic (exact) mass is 423 g/mol. The standard InChI is InChI=1S/C18H13F4N5OS/c19-12-3-1-11(2-4-12)14-10-26(25-24-14)7-8-27-15-6-5-13(28-18(20,21)22)9-16(15)29-17(27)23/h1-6,9-10,23H,7-8H2. The minimum Gasteiger partial charge on any atom is -0.406 e. The normalized spacial score (nSPS) is 11.9. The van der Waals surface area contributed by atoms with Gasteiger partial charge in [-0.1, -0.05) is 16.6 Å². The fourth-order valence-electron chi connectivity index (χ4n) is 2.85. The van der Waals surface area contributed by atoms with Crippen LogP contribution in [-0.4, -0.2) is 25.9 Å². The lowest BCUT2D eigenvalue weighted by Crippen LogP contribution is -2.17. The number of aryl methyl sites for hydroxylation is 2. The van der Waals surface area contributed by atoms with Crippen molar-refractivity contribution in [1.82, 2.24) is 19.6 Å². The highest BCUT2D eigenvalue weighted by Gasteiger charge is 2.31.